The van der Waals surface area contributed by atoms with Crippen LogP contribution in [0, 0.1) is 6.92 Å². The molecule has 0 spiro atoms. The van der Waals surface area contributed by atoms with Crippen LogP contribution in [0.4, 0.5) is 0 Å². The normalized spacial score (nSPS) is 14.2. The zero-order valence-corrected chi connectivity index (χ0v) is 21.0. The minimum atomic E-state index is -0.989. The fraction of sp³-hybridized carbons (Fsp3) is 0.318. The summed E-state index contributed by atoms with van der Waals surface area (Å²) in [5.74, 6) is 0. The van der Waals surface area contributed by atoms with Crippen molar-refractivity contribution in [1.29, 1.82) is 0 Å². The van der Waals surface area contributed by atoms with Crippen molar-refractivity contribution in [1.82, 2.24) is 9.55 Å². The predicted octanol–water partition coefficient (Wildman–Crippen LogP) is -0.0788. The molecule has 7 nitrogen and oxygen atoms in total. The second-order valence-electron chi connectivity index (χ2n) is 7.68. The molecule has 1 aromatic carbocycles. The van der Waals surface area contributed by atoms with E-state index in [0.717, 1.165) is 27.7 Å². The van der Waals surface area contributed by atoms with Gasteiger partial charge in [-0.05, 0) is 50.1 Å². The predicted molar refractivity (Wildman–Crippen MR) is 113 cm³/mol. The molecule has 0 amide bonds. The summed E-state index contributed by atoms with van der Waals surface area (Å²) in [6.07, 6.45) is 0.483. The van der Waals surface area contributed by atoms with Gasteiger partial charge in [-0.15, -0.1) is 0 Å². The summed E-state index contributed by atoms with van der Waals surface area (Å²) in [6.45, 7) is 6.22. The Morgan fingerprint density at radius 3 is 2.77 bits per heavy atom. The van der Waals surface area contributed by atoms with Crippen molar-refractivity contribution in [3.63, 3.8) is 0 Å². The first-order chi connectivity index (χ1) is 14.4. The fourth-order valence-corrected chi connectivity index (χ4v) is 4.47. The van der Waals surface area contributed by atoms with Gasteiger partial charge in [0, 0.05) is 10.9 Å². The van der Waals surface area contributed by atoms with Gasteiger partial charge in [0.05, 0.1) is 34.6 Å². The molecule has 0 aliphatic carbocycles. The molecule has 31 heavy (non-hydrogen) atoms. The molecule has 0 saturated heterocycles. The molecule has 1 aliphatic heterocycles. The first-order valence-corrected chi connectivity index (χ1v) is 10.5. The van der Waals surface area contributed by atoms with Gasteiger partial charge in [-0.3, -0.25) is 9.59 Å². The number of benzene rings is 1. The van der Waals surface area contributed by atoms with Crippen LogP contribution in [0.3, 0.4) is 0 Å². The van der Waals surface area contributed by atoms with E-state index in [1.165, 1.54) is 0 Å². The maximum absolute atomic E-state index is 13.4. The van der Waals surface area contributed by atoms with Gasteiger partial charge < -0.3 is 18.7 Å². The minimum Gasteiger partial charge on any atom is -0.810 e. The zero-order valence-electron chi connectivity index (χ0n) is 18.0. The van der Waals surface area contributed by atoms with Crippen molar-refractivity contribution < 1.29 is 48.5 Å². The number of hydrogen-bond donors (Lipinski definition) is 0. The number of rotatable bonds is 7. The number of aromatic nitrogens is 2. The Morgan fingerprint density at radius 2 is 2.10 bits per heavy atom. The van der Waals surface area contributed by atoms with E-state index in [9.17, 15) is 14.5 Å². The summed E-state index contributed by atoms with van der Waals surface area (Å²) in [5, 5.41) is 1.02. The van der Waals surface area contributed by atoms with Gasteiger partial charge in [-0.25, -0.2) is 4.98 Å². The molecule has 156 valence electrons. The monoisotopic (exact) mass is 448 g/mol. The Hall–Kier alpha value is -1.60. The van der Waals surface area contributed by atoms with Crippen molar-refractivity contribution in [3.8, 4) is 11.4 Å². The van der Waals surface area contributed by atoms with Crippen molar-refractivity contribution in [2.75, 3.05) is 0 Å². The SMILES string of the molecule is CC[C@](C)(OP[O-])c1cc2n(c(=O)c1COC=O)Cc1cc3cc(C)ccc3nc1-2.[Na+]. The smallest absolute Gasteiger partial charge is 0.810 e. The van der Waals surface area contributed by atoms with Crippen LogP contribution in [0.25, 0.3) is 22.3 Å². The topological polar surface area (TPSA) is 93.5 Å². The first kappa shape index (κ1) is 24.1. The molecule has 4 rings (SSSR count). The van der Waals surface area contributed by atoms with E-state index in [1.54, 1.807) is 11.5 Å². The minimum absolute atomic E-state index is 0. The average Bonchev–Trinajstić information content (AvgIpc) is 3.09. The Kier molecular flexibility index (Phi) is 7.36. The molecule has 9 heteroatoms. The van der Waals surface area contributed by atoms with E-state index in [2.05, 4.69) is 12.1 Å². The number of hydrogen-bond acceptors (Lipinski definition) is 6. The van der Waals surface area contributed by atoms with Crippen molar-refractivity contribution >= 4 is 26.4 Å². The molecule has 2 aromatic heterocycles. The first-order valence-electron chi connectivity index (χ1n) is 9.70. The van der Waals surface area contributed by atoms with Crippen LogP contribution in [-0.2, 0) is 32.8 Å². The molecule has 3 aromatic rings. The van der Waals surface area contributed by atoms with Crippen LogP contribution in [0.2, 0.25) is 0 Å². The summed E-state index contributed by atoms with van der Waals surface area (Å²) < 4.78 is 12.1. The number of aryl methyl sites for hydroxylation is 1. The number of ether oxygens (including phenoxy) is 1. The van der Waals surface area contributed by atoms with E-state index in [1.807, 2.05) is 32.0 Å². The van der Waals surface area contributed by atoms with Crippen molar-refractivity contribution in [3.05, 3.63) is 62.9 Å². The van der Waals surface area contributed by atoms with Crippen molar-refractivity contribution in [2.45, 2.75) is 45.9 Å². The molecule has 0 saturated carbocycles. The third kappa shape index (κ3) is 4.23. The Morgan fingerprint density at radius 1 is 1.32 bits per heavy atom. The number of pyridine rings is 2. The van der Waals surface area contributed by atoms with Crippen LogP contribution in [0.5, 0.6) is 0 Å². The van der Waals surface area contributed by atoms with Gasteiger partial charge in [0.25, 0.3) is 12.0 Å². The zero-order chi connectivity index (χ0) is 21.5. The second-order valence-corrected chi connectivity index (χ2v) is 8.05. The van der Waals surface area contributed by atoms with Gasteiger partial charge in [0.1, 0.15) is 6.61 Å². The van der Waals surface area contributed by atoms with E-state index < -0.39 is 14.6 Å². The number of nitrogens with zero attached hydrogens (tertiary/aromatic N) is 2. The van der Waals surface area contributed by atoms with Gasteiger partial charge in [0.2, 0.25) is 0 Å². The van der Waals surface area contributed by atoms with Crippen LogP contribution >= 0.6 is 9.03 Å². The molecule has 2 atom stereocenters. The molecule has 0 fully saturated rings. The molecule has 1 unspecified atom stereocenters. The Labute approximate surface area is 204 Å². The van der Waals surface area contributed by atoms with Crippen LogP contribution < -0.4 is 40.0 Å². The molecule has 0 N–H and O–H groups in total. The fourth-order valence-electron chi connectivity index (χ4n) is 4.03. The summed E-state index contributed by atoms with van der Waals surface area (Å²) in [5.41, 5.74) is 4.02. The third-order valence-corrected chi connectivity index (χ3v) is 6.36. The molecule has 0 radical (unpaired) electrons. The molecule has 3 heterocycles. The van der Waals surface area contributed by atoms with Gasteiger partial charge in [-0.1, -0.05) is 27.6 Å². The quantitative estimate of drug-likeness (QED) is 0.223. The molecule has 0 bridgehead atoms. The summed E-state index contributed by atoms with van der Waals surface area (Å²) >= 11 is 0. The Balaban J connectivity index is 0.00000272. The average molecular weight is 448 g/mol. The van der Waals surface area contributed by atoms with Gasteiger partial charge in [0.15, 0.2) is 0 Å². The maximum atomic E-state index is 13.4. The van der Waals surface area contributed by atoms with Gasteiger partial charge >= 0.3 is 29.6 Å². The van der Waals surface area contributed by atoms with E-state index in [-0.39, 0.29) is 41.7 Å². The Bertz CT molecular complexity index is 1210. The van der Waals surface area contributed by atoms with Crippen LogP contribution in [0.15, 0.2) is 35.1 Å². The summed E-state index contributed by atoms with van der Waals surface area (Å²) in [6, 6.07) is 9.96. The third-order valence-electron chi connectivity index (χ3n) is 5.83. The molecule has 1 aliphatic rings. The van der Waals surface area contributed by atoms with E-state index in [0.29, 0.717) is 36.3 Å². The maximum Gasteiger partial charge on any atom is 1.00 e. The number of carbonyl (C=O) groups excluding carboxylic acids is 1. The molecular formula is C22H22N2NaO5P. The second kappa shape index (κ2) is 9.49. The van der Waals surface area contributed by atoms with Crippen molar-refractivity contribution in [2.24, 2.45) is 0 Å². The summed E-state index contributed by atoms with van der Waals surface area (Å²) in [7, 11) is -0.989. The summed E-state index contributed by atoms with van der Waals surface area (Å²) in [4.78, 5) is 40.3. The van der Waals surface area contributed by atoms with E-state index >= 15 is 0 Å². The number of carbonyl (C=O) groups is 1. The number of fused-ring (bicyclic) bond motifs is 4. The van der Waals surface area contributed by atoms with Gasteiger partial charge in [-0.2, -0.15) is 0 Å². The van der Waals surface area contributed by atoms with Crippen LogP contribution in [0.1, 0.15) is 42.5 Å². The standard InChI is InChI=1S/C22H22N2O5P.Na/c1-4-22(3,29-30-27)17-9-19-20-15(8-14-7-13(2)5-6-18(14)23-20)10-24(19)21(26)16(17)11-28-12-25;/h5-9,12,30H,4,10-11H2,1-3H3;/q-1;+1/t22-;/m0./s1. The van der Waals surface area contributed by atoms with Crippen LogP contribution in [-0.4, -0.2) is 16.0 Å². The molecular weight excluding hydrogens is 426 g/mol. The largest absolute Gasteiger partial charge is 1.00 e. The van der Waals surface area contributed by atoms with E-state index in [4.69, 9.17) is 14.2 Å².